The Morgan fingerprint density at radius 2 is 2.00 bits per heavy atom. The Kier molecular flexibility index (Phi) is 3.26. The van der Waals surface area contributed by atoms with Crippen LogP contribution in [-0.2, 0) is 4.79 Å². The van der Waals surface area contributed by atoms with Crippen molar-refractivity contribution in [1.29, 1.82) is 0 Å². The summed E-state index contributed by atoms with van der Waals surface area (Å²) in [5.74, 6) is 0.238. The van der Waals surface area contributed by atoms with Crippen LogP contribution in [-0.4, -0.2) is 49.6 Å². The average Bonchev–Trinajstić information content (AvgIpc) is 2.39. The van der Waals surface area contributed by atoms with Gasteiger partial charge in [0.05, 0.1) is 12.6 Å². The summed E-state index contributed by atoms with van der Waals surface area (Å²) in [5, 5.41) is 3.19. The highest BCUT2D eigenvalue weighted by Crippen LogP contribution is 2.22. The first-order valence-corrected chi connectivity index (χ1v) is 7.04. The van der Waals surface area contributed by atoms with Crippen molar-refractivity contribution in [2.75, 3.05) is 37.6 Å². The molecule has 1 unspecified atom stereocenters. The van der Waals surface area contributed by atoms with Gasteiger partial charge in [-0.2, -0.15) is 0 Å². The van der Waals surface area contributed by atoms with Gasteiger partial charge in [0.2, 0.25) is 5.91 Å². The molecule has 96 valence electrons. The van der Waals surface area contributed by atoms with Crippen LogP contribution in [0.15, 0.2) is 28.7 Å². The fourth-order valence-electron chi connectivity index (χ4n) is 2.69. The molecule has 3 rings (SSSR count). The van der Waals surface area contributed by atoms with Crippen LogP contribution in [0.2, 0.25) is 0 Å². The van der Waals surface area contributed by atoms with Gasteiger partial charge in [-0.25, -0.2) is 0 Å². The van der Waals surface area contributed by atoms with E-state index in [4.69, 9.17) is 0 Å². The van der Waals surface area contributed by atoms with Crippen LogP contribution < -0.4 is 10.2 Å². The van der Waals surface area contributed by atoms with Crippen LogP contribution in [0.1, 0.15) is 0 Å². The van der Waals surface area contributed by atoms with E-state index in [1.165, 1.54) is 5.69 Å². The number of amides is 1. The number of benzene rings is 1. The quantitative estimate of drug-likeness (QED) is 0.843. The topological polar surface area (TPSA) is 35.6 Å². The van der Waals surface area contributed by atoms with Gasteiger partial charge >= 0.3 is 0 Å². The maximum absolute atomic E-state index is 11.8. The number of anilines is 1. The van der Waals surface area contributed by atoms with Crippen molar-refractivity contribution in [3.63, 3.8) is 0 Å². The van der Waals surface area contributed by atoms with Gasteiger partial charge in [0.25, 0.3) is 0 Å². The average molecular weight is 310 g/mol. The van der Waals surface area contributed by atoms with Crippen LogP contribution in [0.3, 0.4) is 0 Å². The lowest BCUT2D eigenvalue weighted by Crippen LogP contribution is -2.63. The zero-order valence-corrected chi connectivity index (χ0v) is 11.7. The molecule has 0 bridgehead atoms. The Bertz CT molecular complexity index is 448. The van der Waals surface area contributed by atoms with Crippen molar-refractivity contribution in [2.45, 2.75) is 6.04 Å². The maximum atomic E-state index is 11.8. The summed E-state index contributed by atoms with van der Waals surface area (Å²) in [6.07, 6.45) is 0. The largest absolute Gasteiger partial charge is 0.368 e. The van der Waals surface area contributed by atoms with Gasteiger partial charge < -0.3 is 15.1 Å². The maximum Gasteiger partial charge on any atom is 0.236 e. The van der Waals surface area contributed by atoms with Gasteiger partial charge in [-0.1, -0.05) is 15.9 Å². The number of piperazine rings is 2. The molecule has 1 aromatic rings. The molecule has 4 nitrogen and oxygen atoms in total. The Hall–Kier alpha value is -1.07. The number of nitrogens with zero attached hydrogens (tertiary/aromatic N) is 2. The number of fused-ring (bicyclic) bond motifs is 1. The lowest BCUT2D eigenvalue weighted by molar-refractivity contribution is -0.135. The predicted molar refractivity (Wildman–Crippen MR) is 74.7 cm³/mol. The molecule has 2 heterocycles. The first-order chi connectivity index (χ1) is 8.74. The number of carbonyl (C=O) groups excluding carboxylic acids is 1. The first-order valence-electron chi connectivity index (χ1n) is 6.25. The number of hydrogen-bond acceptors (Lipinski definition) is 3. The summed E-state index contributed by atoms with van der Waals surface area (Å²) in [6.45, 7) is 4.07. The standard InChI is InChI=1S/C13H16BrN3O/c14-10-1-3-11(4-2-10)16-5-6-17-12(9-16)7-15-8-13(17)18/h1-4,12,15H,5-9H2. The summed E-state index contributed by atoms with van der Waals surface area (Å²) in [7, 11) is 0. The van der Waals surface area contributed by atoms with E-state index in [0.29, 0.717) is 12.6 Å². The molecule has 0 saturated carbocycles. The zero-order chi connectivity index (χ0) is 12.5. The van der Waals surface area contributed by atoms with Crippen LogP contribution in [0.5, 0.6) is 0 Å². The third-order valence-corrected chi connectivity index (χ3v) is 4.18. The number of hydrogen-bond donors (Lipinski definition) is 1. The van der Waals surface area contributed by atoms with E-state index in [-0.39, 0.29) is 5.91 Å². The molecule has 1 aromatic carbocycles. The minimum atomic E-state index is 0.238. The molecule has 2 fully saturated rings. The number of rotatable bonds is 1. The Balaban J connectivity index is 1.73. The molecule has 18 heavy (non-hydrogen) atoms. The van der Waals surface area contributed by atoms with E-state index in [1.807, 2.05) is 4.90 Å². The van der Waals surface area contributed by atoms with Crippen LogP contribution in [0.25, 0.3) is 0 Å². The van der Waals surface area contributed by atoms with E-state index >= 15 is 0 Å². The van der Waals surface area contributed by atoms with Gasteiger partial charge in [-0.05, 0) is 24.3 Å². The Labute approximate surface area is 115 Å². The van der Waals surface area contributed by atoms with Crippen LogP contribution >= 0.6 is 15.9 Å². The number of halogens is 1. The highest BCUT2D eigenvalue weighted by Gasteiger charge is 2.32. The SMILES string of the molecule is O=C1CNCC2CN(c3ccc(Br)cc3)CCN12. The van der Waals surface area contributed by atoms with Crippen molar-refractivity contribution in [2.24, 2.45) is 0 Å². The van der Waals surface area contributed by atoms with E-state index in [2.05, 4.69) is 50.4 Å². The van der Waals surface area contributed by atoms with Crippen molar-refractivity contribution >= 4 is 27.5 Å². The second-order valence-electron chi connectivity index (χ2n) is 4.79. The summed E-state index contributed by atoms with van der Waals surface area (Å²) in [5.41, 5.74) is 1.23. The van der Waals surface area contributed by atoms with E-state index in [9.17, 15) is 4.79 Å². The second-order valence-corrected chi connectivity index (χ2v) is 5.71. The molecule has 0 aliphatic carbocycles. The van der Waals surface area contributed by atoms with Gasteiger partial charge in [-0.15, -0.1) is 0 Å². The summed E-state index contributed by atoms with van der Waals surface area (Å²) in [6, 6.07) is 8.68. The molecular weight excluding hydrogens is 294 g/mol. The molecule has 1 N–H and O–H groups in total. The Morgan fingerprint density at radius 1 is 1.22 bits per heavy atom. The van der Waals surface area contributed by atoms with Crippen LogP contribution in [0.4, 0.5) is 5.69 Å². The summed E-state index contributed by atoms with van der Waals surface area (Å²) >= 11 is 3.45. The molecule has 2 saturated heterocycles. The molecule has 2 aliphatic rings. The fraction of sp³-hybridized carbons (Fsp3) is 0.462. The highest BCUT2D eigenvalue weighted by molar-refractivity contribution is 9.10. The third kappa shape index (κ3) is 2.24. The predicted octanol–water partition coefficient (Wildman–Crippen LogP) is 1.07. The molecule has 1 atom stereocenters. The first kappa shape index (κ1) is 12.0. The monoisotopic (exact) mass is 309 g/mol. The van der Waals surface area contributed by atoms with Crippen molar-refractivity contribution in [1.82, 2.24) is 10.2 Å². The van der Waals surface area contributed by atoms with Crippen molar-refractivity contribution in [3.05, 3.63) is 28.7 Å². The zero-order valence-electron chi connectivity index (χ0n) is 10.1. The van der Waals surface area contributed by atoms with E-state index in [1.54, 1.807) is 0 Å². The highest BCUT2D eigenvalue weighted by atomic mass is 79.9. The number of carbonyl (C=O) groups is 1. The molecule has 0 spiro atoms. The fourth-order valence-corrected chi connectivity index (χ4v) is 2.96. The van der Waals surface area contributed by atoms with Crippen LogP contribution in [0, 0.1) is 0 Å². The molecule has 2 aliphatic heterocycles. The molecule has 0 radical (unpaired) electrons. The van der Waals surface area contributed by atoms with Gasteiger partial charge in [0.1, 0.15) is 0 Å². The van der Waals surface area contributed by atoms with E-state index in [0.717, 1.165) is 30.7 Å². The van der Waals surface area contributed by atoms with E-state index < -0.39 is 0 Å². The lowest BCUT2D eigenvalue weighted by atomic mass is 10.1. The summed E-state index contributed by atoms with van der Waals surface area (Å²) in [4.78, 5) is 16.1. The minimum absolute atomic E-state index is 0.238. The normalized spacial score (nSPS) is 24.1. The smallest absolute Gasteiger partial charge is 0.236 e. The molecular formula is C13H16BrN3O. The van der Waals surface area contributed by atoms with Crippen molar-refractivity contribution in [3.8, 4) is 0 Å². The molecule has 1 amide bonds. The lowest BCUT2D eigenvalue weighted by Gasteiger charge is -2.45. The Morgan fingerprint density at radius 3 is 2.78 bits per heavy atom. The van der Waals surface area contributed by atoms with Gasteiger partial charge in [0.15, 0.2) is 0 Å². The molecule has 5 heteroatoms. The molecule has 0 aromatic heterocycles. The second kappa shape index (κ2) is 4.90. The third-order valence-electron chi connectivity index (χ3n) is 3.65. The summed E-state index contributed by atoms with van der Waals surface area (Å²) < 4.78 is 1.10. The van der Waals surface area contributed by atoms with Gasteiger partial charge in [-0.3, -0.25) is 4.79 Å². The minimum Gasteiger partial charge on any atom is -0.368 e. The van der Waals surface area contributed by atoms with Gasteiger partial charge in [0, 0.05) is 36.3 Å². The number of nitrogens with one attached hydrogen (secondary N) is 1. The van der Waals surface area contributed by atoms with Crippen molar-refractivity contribution < 1.29 is 4.79 Å².